The summed E-state index contributed by atoms with van der Waals surface area (Å²) in [6.07, 6.45) is 6.13. The van der Waals surface area contributed by atoms with Crippen LogP contribution in [0.1, 0.15) is 32.1 Å². The third kappa shape index (κ3) is 5.85. The first-order valence-electron chi connectivity index (χ1n) is 7.33. The van der Waals surface area contributed by atoms with Crippen LogP contribution in [0.25, 0.3) is 0 Å². The van der Waals surface area contributed by atoms with Crippen molar-refractivity contribution >= 4 is 43.0 Å². The summed E-state index contributed by atoms with van der Waals surface area (Å²) in [5.41, 5.74) is 0.639. The fourth-order valence-electron chi connectivity index (χ4n) is 2.23. The van der Waals surface area contributed by atoms with Crippen LogP contribution >= 0.6 is 21.6 Å². The van der Waals surface area contributed by atoms with Crippen molar-refractivity contribution in [1.29, 1.82) is 0 Å². The molecule has 1 fully saturated rings. The monoisotopic (exact) mass is 359 g/mol. The number of hydrogen-bond acceptors (Lipinski definition) is 5. The Morgan fingerprint density at radius 3 is 2.59 bits per heavy atom. The van der Waals surface area contributed by atoms with Crippen molar-refractivity contribution in [3.05, 3.63) is 24.3 Å². The lowest BCUT2D eigenvalue weighted by molar-refractivity contribution is -0.116. The van der Waals surface area contributed by atoms with E-state index in [0.717, 1.165) is 18.1 Å². The number of carbonyl (C=O) groups is 1. The molecule has 0 bridgehead atoms. The molecule has 7 heteroatoms. The van der Waals surface area contributed by atoms with E-state index in [1.54, 1.807) is 12.1 Å². The number of rotatable bonds is 7. The standard InChI is InChI=1S/C15H21NO3S3/c1-22(18,19)14-8-6-12(7-9-14)16-15(17)5-3-2-4-13-10-11-20-21-13/h6-9,13H,2-5,10-11H2,1H3,(H,16,17). The zero-order chi connectivity index (χ0) is 16.0. The van der Waals surface area contributed by atoms with Crippen molar-refractivity contribution < 1.29 is 13.2 Å². The van der Waals surface area contributed by atoms with Gasteiger partial charge in [-0.3, -0.25) is 4.79 Å². The van der Waals surface area contributed by atoms with Crippen LogP contribution < -0.4 is 5.32 Å². The van der Waals surface area contributed by atoms with Crippen LogP contribution in [0.4, 0.5) is 5.69 Å². The van der Waals surface area contributed by atoms with Gasteiger partial charge in [-0.25, -0.2) is 8.42 Å². The molecule has 0 saturated carbocycles. The van der Waals surface area contributed by atoms with E-state index in [2.05, 4.69) is 5.32 Å². The second-order valence-corrected chi connectivity index (χ2v) is 10.2. The molecule has 0 spiro atoms. The lowest BCUT2D eigenvalue weighted by atomic mass is 10.1. The first-order valence-corrected chi connectivity index (χ1v) is 11.6. The van der Waals surface area contributed by atoms with Crippen LogP contribution in [-0.2, 0) is 14.6 Å². The molecule has 0 radical (unpaired) electrons. The summed E-state index contributed by atoms with van der Waals surface area (Å²) >= 11 is 0. The van der Waals surface area contributed by atoms with Gasteiger partial charge in [0.05, 0.1) is 4.90 Å². The average molecular weight is 360 g/mol. The van der Waals surface area contributed by atoms with Crippen LogP contribution in [0.5, 0.6) is 0 Å². The Balaban J connectivity index is 1.70. The normalized spacial score (nSPS) is 18.3. The summed E-state index contributed by atoms with van der Waals surface area (Å²) in [5.74, 6) is 1.24. The quantitative estimate of drug-likeness (QED) is 0.593. The van der Waals surface area contributed by atoms with Crippen LogP contribution in [0, 0.1) is 0 Å². The first kappa shape index (κ1) is 17.7. The Labute approximate surface area is 140 Å². The van der Waals surface area contributed by atoms with Gasteiger partial charge in [-0.05, 0) is 43.5 Å². The van der Waals surface area contributed by atoms with Crippen LogP contribution in [-0.4, -0.2) is 31.6 Å². The van der Waals surface area contributed by atoms with Crippen molar-refractivity contribution in [2.45, 2.75) is 42.2 Å². The van der Waals surface area contributed by atoms with Crippen molar-refractivity contribution in [1.82, 2.24) is 0 Å². The summed E-state index contributed by atoms with van der Waals surface area (Å²) < 4.78 is 22.7. The lowest BCUT2D eigenvalue weighted by Gasteiger charge is -2.08. The number of nitrogens with one attached hydrogen (secondary N) is 1. The Bertz CT molecular complexity index is 593. The van der Waals surface area contributed by atoms with Gasteiger partial charge in [0.15, 0.2) is 9.84 Å². The molecule has 1 atom stereocenters. The highest BCUT2D eigenvalue weighted by atomic mass is 33.1. The summed E-state index contributed by atoms with van der Waals surface area (Å²) in [6.45, 7) is 0. The van der Waals surface area contributed by atoms with E-state index >= 15 is 0 Å². The van der Waals surface area contributed by atoms with Gasteiger partial charge in [0.1, 0.15) is 0 Å². The Morgan fingerprint density at radius 1 is 1.27 bits per heavy atom. The van der Waals surface area contributed by atoms with Gasteiger partial charge < -0.3 is 5.32 Å². The second kappa shape index (κ2) is 8.26. The highest BCUT2D eigenvalue weighted by Gasteiger charge is 2.15. The maximum atomic E-state index is 11.9. The van der Waals surface area contributed by atoms with E-state index in [0.29, 0.717) is 12.1 Å². The maximum Gasteiger partial charge on any atom is 0.224 e. The molecule has 1 N–H and O–H groups in total. The van der Waals surface area contributed by atoms with Crippen LogP contribution in [0.3, 0.4) is 0 Å². The van der Waals surface area contributed by atoms with Crippen molar-refractivity contribution in [3.8, 4) is 0 Å². The fourth-order valence-corrected chi connectivity index (χ4v) is 5.89. The molecule has 1 saturated heterocycles. The van der Waals surface area contributed by atoms with E-state index in [1.165, 1.54) is 37.0 Å². The fraction of sp³-hybridized carbons (Fsp3) is 0.533. The highest BCUT2D eigenvalue weighted by molar-refractivity contribution is 8.77. The zero-order valence-corrected chi connectivity index (χ0v) is 15.0. The Morgan fingerprint density at radius 2 is 2.00 bits per heavy atom. The molecule has 2 rings (SSSR count). The average Bonchev–Trinajstić information content (AvgIpc) is 2.96. The molecule has 0 aromatic heterocycles. The number of carbonyl (C=O) groups excluding carboxylic acids is 1. The molecule has 1 aromatic carbocycles. The van der Waals surface area contributed by atoms with Gasteiger partial charge in [-0.15, -0.1) is 0 Å². The number of hydrogen-bond donors (Lipinski definition) is 1. The number of unbranched alkanes of at least 4 members (excludes halogenated alkanes) is 1. The molecular formula is C15H21NO3S3. The van der Waals surface area contributed by atoms with Crippen molar-refractivity contribution in [3.63, 3.8) is 0 Å². The maximum absolute atomic E-state index is 11.9. The predicted molar refractivity (Wildman–Crippen MR) is 95.1 cm³/mol. The van der Waals surface area contributed by atoms with Gasteiger partial charge in [0.25, 0.3) is 0 Å². The predicted octanol–water partition coefficient (Wildman–Crippen LogP) is 3.74. The summed E-state index contributed by atoms with van der Waals surface area (Å²) in [7, 11) is 0.730. The molecule has 4 nitrogen and oxygen atoms in total. The Kier molecular flexibility index (Phi) is 6.65. The summed E-state index contributed by atoms with van der Waals surface area (Å²) in [5, 5.41) is 3.57. The molecule has 1 heterocycles. The summed E-state index contributed by atoms with van der Waals surface area (Å²) in [6, 6.07) is 6.28. The van der Waals surface area contributed by atoms with Crippen molar-refractivity contribution in [2.24, 2.45) is 0 Å². The lowest BCUT2D eigenvalue weighted by Crippen LogP contribution is -2.11. The molecular weight excluding hydrogens is 338 g/mol. The molecule has 22 heavy (non-hydrogen) atoms. The third-order valence-electron chi connectivity index (χ3n) is 3.47. The van der Waals surface area contributed by atoms with Gasteiger partial charge in [0, 0.05) is 29.4 Å². The second-order valence-electron chi connectivity index (χ2n) is 5.42. The van der Waals surface area contributed by atoms with Crippen LogP contribution in [0.2, 0.25) is 0 Å². The minimum Gasteiger partial charge on any atom is -0.326 e. The highest BCUT2D eigenvalue weighted by Crippen LogP contribution is 2.39. The number of benzene rings is 1. The summed E-state index contributed by atoms with van der Waals surface area (Å²) in [4.78, 5) is 12.1. The van der Waals surface area contributed by atoms with Crippen LogP contribution in [0.15, 0.2) is 29.2 Å². The van der Waals surface area contributed by atoms with Gasteiger partial charge in [0.2, 0.25) is 5.91 Å². The third-order valence-corrected chi connectivity index (χ3v) is 7.61. The molecule has 0 aliphatic carbocycles. The molecule has 1 aromatic rings. The number of anilines is 1. The van der Waals surface area contributed by atoms with Crippen molar-refractivity contribution in [2.75, 3.05) is 17.3 Å². The van der Waals surface area contributed by atoms with E-state index in [1.807, 2.05) is 21.6 Å². The largest absolute Gasteiger partial charge is 0.326 e. The molecule has 122 valence electrons. The molecule has 1 aliphatic heterocycles. The molecule has 1 aliphatic rings. The SMILES string of the molecule is CS(=O)(=O)c1ccc(NC(=O)CCCCC2CCSS2)cc1. The first-order chi connectivity index (χ1) is 10.4. The van der Waals surface area contributed by atoms with Gasteiger partial charge in [-0.1, -0.05) is 28.0 Å². The smallest absolute Gasteiger partial charge is 0.224 e. The van der Waals surface area contributed by atoms with E-state index in [-0.39, 0.29) is 10.8 Å². The van der Waals surface area contributed by atoms with E-state index in [9.17, 15) is 13.2 Å². The Hall–Kier alpha value is -0.660. The molecule has 1 unspecified atom stereocenters. The number of sulfone groups is 1. The van der Waals surface area contributed by atoms with E-state index < -0.39 is 9.84 Å². The minimum absolute atomic E-state index is 0.0134. The topological polar surface area (TPSA) is 63.2 Å². The van der Waals surface area contributed by atoms with Gasteiger partial charge in [-0.2, -0.15) is 0 Å². The van der Waals surface area contributed by atoms with Gasteiger partial charge >= 0.3 is 0 Å². The number of amides is 1. The molecule has 1 amide bonds. The van der Waals surface area contributed by atoms with E-state index in [4.69, 9.17) is 0 Å². The minimum atomic E-state index is -3.19. The zero-order valence-electron chi connectivity index (χ0n) is 12.6.